The van der Waals surface area contributed by atoms with Crippen LogP contribution in [0.2, 0.25) is 0 Å². The van der Waals surface area contributed by atoms with Gasteiger partial charge in [-0.1, -0.05) is 0 Å². The highest BCUT2D eigenvalue weighted by Gasteiger charge is 1.86. The Morgan fingerprint density at radius 3 is 0.100 bits per heavy atom. The predicted molar refractivity (Wildman–Crippen MR) is 548 cm³/mol. The number of hydrogen-bond acceptors (Lipinski definition) is 20. The summed E-state index contributed by atoms with van der Waals surface area (Å²) in [6.45, 7) is 36.5. The minimum Gasteiger partial charge on any atom is -0.466 e. The van der Waals surface area contributed by atoms with Gasteiger partial charge in [-0.3, -0.25) is 47.9 Å². The molecule has 0 aliphatic heterocycles. The number of carbonyl (C=O) groups is 10. The Bertz CT molecular complexity index is 831. The molecular weight excluding hydrogens is 2240 g/mol. The Hall–Kier alpha value is -8.90. The molecule has 0 aromatic carbocycles. The standard InChI is InChI=1S/10C4H8O2.90H2O/c10*1-3-6-4(2)5;;;;;;;;;;;;;;;;;;;;;;;;;;;;;;;;;;;;;;;;;;;;;;;;;;;;;;;;;;;;;;;;;;;;;;;;;;;;;;;;;;;;;;;;;;/h10*3H2,1-2H3;90*1H2. The van der Waals surface area contributed by atoms with Crippen molar-refractivity contribution in [3.8, 4) is 0 Å². The van der Waals surface area contributed by atoms with Gasteiger partial charge in [0.1, 0.15) is 0 Å². The lowest BCUT2D eigenvalue weighted by Crippen LogP contribution is -1.95. The zero-order valence-electron chi connectivity index (χ0n) is 85.2. The van der Waals surface area contributed by atoms with Gasteiger partial charge in [-0.05, 0) is 69.2 Å². The Morgan fingerprint density at radius 2 is 0.100 bits per heavy atom. The van der Waals surface area contributed by atoms with E-state index in [0.717, 1.165) is 0 Å². The first-order chi connectivity index (χ1) is 27.7. The van der Waals surface area contributed by atoms with Crippen molar-refractivity contribution in [1.29, 1.82) is 0 Å². The molecule has 0 fully saturated rings. The van der Waals surface area contributed by atoms with Crippen molar-refractivity contribution in [3.63, 3.8) is 0 Å². The predicted octanol–water partition coefficient (Wildman–Crippen LogP) is -68.5. The Labute approximate surface area is 852 Å². The normalized spacial score (nSPS) is 3.07. The van der Waals surface area contributed by atoms with E-state index in [1.165, 1.54) is 69.2 Å². The maximum atomic E-state index is 9.82. The fourth-order valence-electron chi connectivity index (χ4n) is 2.03. The average molecular weight is 2500 g/mol. The average Bonchev–Trinajstić information content (AvgIpc) is 3.07. The molecule has 0 radical (unpaired) electrons. The third kappa shape index (κ3) is 5960. The molecule has 0 aliphatic rings. The van der Waals surface area contributed by atoms with Crippen molar-refractivity contribution < 1.29 is 588 Å². The van der Waals surface area contributed by atoms with Crippen LogP contribution in [0.1, 0.15) is 138 Å². The van der Waals surface area contributed by atoms with Crippen LogP contribution in [0.25, 0.3) is 0 Å². The van der Waals surface area contributed by atoms with E-state index < -0.39 is 0 Å². The van der Waals surface area contributed by atoms with Gasteiger partial charge in [0, 0.05) is 69.2 Å². The number of ether oxygens (including phenoxy) is 10. The fraction of sp³-hybridized carbons (Fsp3) is 0.750. The van der Waals surface area contributed by atoms with E-state index in [4.69, 9.17) is 0 Å². The molecule has 0 bridgehead atoms. The van der Waals surface area contributed by atoms with E-state index in [1.807, 2.05) is 0 Å². The minimum atomic E-state index is -0.211. The SMILES string of the molecule is CCOC(C)=O.CCOC(C)=O.CCOC(C)=O.CCOC(C)=O.CCOC(C)=O.CCOC(C)=O.CCOC(C)=O.CCOC(C)=O.CCOC(C)=O.CCOC(C)=O.O.O.O.O.O.O.O.O.O.O.O.O.O.O.O.O.O.O.O.O.O.O.O.O.O.O.O.O.O.O.O.O.O.O.O.O.O.O.O.O.O.O.O.O.O.O.O.O.O.O.O.O.O.O.O.O.O.O.O.O.O.O.O.O.O.O.O.O.O.O.O.O.O.O.O.O.O.O.O.O.O.O.O.O.O.O.O.O.O.O. The summed E-state index contributed by atoms with van der Waals surface area (Å²) in [6, 6.07) is 0. The summed E-state index contributed by atoms with van der Waals surface area (Å²) in [5.41, 5.74) is 0. The van der Waals surface area contributed by atoms with Gasteiger partial charge >= 0.3 is 59.7 Å². The van der Waals surface area contributed by atoms with Gasteiger partial charge < -0.3 is 540 Å². The summed E-state index contributed by atoms with van der Waals surface area (Å²) in [5, 5.41) is 0. The number of hydrogen-bond donors (Lipinski definition) is 0. The first-order valence-corrected chi connectivity index (χ1v) is 19.0. The second-order valence-electron chi connectivity index (χ2n) is 9.25. The molecule has 0 rings (SSSR count). The Kier molecular flexibility index (Phi) is 17500. The number of rotatable bonds is 10. The first kappa shape index (κ1) is 1640. The van der Waals surface area contributed by atoms with Crippen LogP contribution >= 0.6 is 0 Å². The first-order valence-electron chi connectivity index (χ1n) is 19.0. The molecule has 0 spiro atoms. The smallest absolute Gasteiger partial charge is 0.302 e. The van der Waals surface area contributed by atoms with Crippen LogP contribution in [0.15, 0.2) is 0 Å². The summed E-state index contributed by atoms with van der Waals surface area (Å²) >= 11 is 0. The van der Waals surface area contributed by atoms with Gasteiger partial charge in [0.05, 0.1) is 66.1 Å². The highest BCUT2D eigenvalue weighted by Crippen LogP contribution is 1.74. The molecule has 0 saturated carbocycles. The molecule has 110 heteroatoms. The highest BCUT2D eigenvalue weighted by molar-refractivity contribution is 5.68. The summed E-state index contributed by atoms with van der Waals surface area (Å²) in [5.74, 6) is -2.11. The van der Waals surface area contributed by atoms with Crippen LogP contribution in [-0.4, -0.2) is 619 Å². The summed E-state index contributed by atoms with van der Waals surface area (Å²) in [7, 11) is 0. The van der Waals surface area contributed by atoms with E-state index in [2.05, 4.69) is 47.4 Å². The molecule has 0 saturated heterocycles. The third-order valence-corrected chi connectivity index (χ3v) is 3.48. The maximum Gasteiger partial charge on any atom is 0.302 e. The maximum absolute atomic E-state index is 9.82. The summed E-state index contributed by atoms with van der Waals surface area (Å²) < 4.78 is 44.0. The van der Waals surface area contributed by atoms with E-state index >= 15 is 0 Å². The lowest BCUT2D eigenvalue weighted by molar-refractivity contribution is -0.141. The van der Waals surface area contributed by atoms with Crippen molar-refractivity contribution in [2.75, 3.05) is 66.1 Å². The Morgan fingerprint density at radius 1 is 0.0800 bits per heavy atom. The molecule has 0 unspecified atom stereocenters. The van der Waals surface area contributed by atoms with Gasteiger partial charge in [-0.25, -0.2) is 0 Å². The topological polar surface area (TPSA) is 3100 Å². The summed E-state index contributed by atoms with van der Waals surface area (Å²) in [6.07, 6.45) is 0. The molecule has 0 aromatic heterocycles. The van der Waals surface area contributed by atoms with Crippen molar-refractivity contribution in [3.05, 3.63) is 0 Å². The lowest BCUT2D eigenvalue weighted by Gasteiger charge is -1.89. The van der Waals surface area contributed by atoms with Crippen molar-refractivity contribution in [2.24, 2.45) is 0 Å². The molecule has 150 heavy (non-hydrogen) atoms. The zero-order chi connectivity index (χ0) is 49.9. The van der Waals surface area contributed by atoms with E-state index in [9.17, 15) is 47.9 Å². The number of esters is 10. The number of carbonyl (C=O) groups excluding carboxylic acids is 10. The molecule has 0 aliphatic carbocycles. The summed E-state index contributed by atoms with van der Waals surface area (Å²) in [4.78, 5) is 98.2. The van der Waals surface area contributed by atoms with Gasteiger partial charge in [-0.15, -0.1) is 0 Å². The molecule has 0 amide bonds. The quantitative estimate of drug-likeness (QED) is 0.145. The van der Waals surface area contributed by atoms with Crippen molar-refractivity contribution in [2.45, 2.75) is 138 Å². The van der Waals surface area contributed by atoms with Crippen molar-refractivity contribution >= 4 is 59.7 Å². The molecule has 1080 valence electrons. The van der Waals surface area contributed by atoms with Crippen LogP contribution in [0.5, 0.6) is 0 Å². The van der Waals surface area contributed by atoms with Gasteiger partial charge in [0.2, 0.25) is 0 Å². The van der Waals surface area contributed by atoms with E-state index in [-0.39, 0.29) is 553 Å². The van der Waals surface area contributed by atoms with Crippen LogP contribution in [0, 0.1) is 0 Å². The monoisotopic (exact) mass is 2500 g/mol. The van der Waals surface area contributed by atoms with Crippen molar-refractivity contribution in [1.82, 2.24) is 0 Å². The third-order valence-electron chi connectivity index (χ3n) is 3.48. The van der Waals surface area contributed by atoms with Crippen LogP contribution in [0.3, 0.4) is 0 Å². The van der Waals surface area contributed by atoms with Crippen LogP contribution in [-0.2, 0) is 95.3 Å². The fourth-order valence-corrected chi connectivity index (χ4v) is 2.03. The van der Waals surface area contributed by atoms with Crippen LogP contribution < -0.4 is 0 Å². The van der Waals surface area contributed by atoms with Gasteiger partial charge in [0.25, 0.3) is 0 Å². The largest absolute Gasteiger partial charge is 0.466 e. The van der Waals surface area contributed by atoms with E-state index in [0.29, 0.717) is 66.1 Å². The molecule has 0 heterocycles. The highest BCUT2D eigenvalue weighted by atomic mass is 16.6. The molecule has 110 nitrogen and oxygen atoms in total. The molecular formula is C40H260O110. The van der Waals surface area contributed by atoms with E-state index in [1.54, 1.807) is 69.2 Å². The zero-order valence-corrected chi connectivity index (χ0v) is 85.2. The minimum absolute atomic E-state index is 0. The molecule has 0 atom stereocenters. The molecule has 0 aromatic rings. The Balaban J connectivity index is -0.00000000177. The second-order valence-corrected chi connectivity index (χ2v) is 9.25. The van der Waals surface area contributed by atoms with Gasteiger partial charge in [-0.2, -0.15) is 0 Å². The van der Waals surface area contributed by atoms with Crippen LogP contribution in [0.4, 0.5) is 0 Å². The van der Waals surface area contributed by atoms with Gasteiger partial charge in [0.15, 0.2) is 0 Å². The lowest BCUT2D eigenvalue weighted by atomic mass is 10.8. The molecule has 180 N–H and O–H groups in total. The second kappa shape index (κ2) is 1600.